The normalized spacial score (nSPS) is 21.6. The molecule has 0 saturated heterocycles. The molecule has 2 rings (SSSR count). The van der Waals surface area contributed by atoms with Gasteiger partial charge < -0.3 is 15.4 Å². The molecule has 0 aliphatic heterocycles. The van der Waals surface area contributed by atoms with Crippen molar-refractivity contribution < 1.29 is 9.53 Å². The summed E-state index contributed by atoms with van der Waals surface area (Å²) in [6.07, 6.45) is 3.72. The van der Waals surface area contributed by atoms with Gasteiger partial charge in [0, 0.05) is 22.2 Å². The van der Waals surface area contributed by atoms with Crippen LogP contribution in [0.25, 0.3) is 0 Å². The summed E-state index contributed by atoms with van der Waals surface area (Å²) in [4.78, 5) is 11.8. The van der Waals surface area contributed by atoms with Crippen LogP contribution in [0.15, 0.2) is 22.7 Å². The Kier molecular flexibility index (Phi) is 5.95. The van der Waals surface area contributed by atoms with E-state index in [2.05, 4.69) is 51.7 Å². The molecule has 0 bridgehead atoms. The third-order valence-electron chi connectivity index (χ3n) is 3.93. The monoisotopic (exact) mass is 382 g/mol. The quantitative estimate of drug-likeness (QED) is 0.772. The molecule has 1 amide bonds. The SMILES string of the molecule is Cc1ccc(NC2CCC(NC(=O)OC(C)(C)C)CC2)c(Br)c1. The Morgan fingerprint density at radius 1 is 1.17 bits per heavy atom. The number of anilines is 1. The van der Waals surface area contributed by atoms with Crippen LogP contribution in [0.5, 0.6) is 0 Å². The van der Waals surface area contributed by atoms with E-state index in [1.165, 1.54) is 5.56 Å². The summed E-state index contributed by atoms with van der Waals surface area (Å²) in [7, 11) is 0. The number of ether oxygens (including phenoxy) is 1. The van der Waals surface area contributed by atoms with Gasteiger partial charge in [0.25, 0.3) is 0 Å². The predicted molar refractivity (Wildman–Crippen MR) is 97.9 cm³/mol. The Bertz CT molecular complexity index is 546. The van der Waals surface area contributed by atoms with Gasteiger partial charge in [0.2, 0.25) is 0 Å². The summed E-state index contributed by atoms with van der Waals surface area (Å²) in [5.41, 5.74) is 1.94. The largest absolute Gasteiger partial charge is 0.444 e. The van der Waals surface area contributed by atoms with Crippen molar-refractivity contribution in [2.75, 3.05) is 5.32 Å². The minimum atomic E-state index is -0.444. The highest BCUT2D eigenvalue weighted by Crippen LogP contribution is 2.28. The summed E-state index contributed by atoms with van der Waals surface area (Å²) < 4.78 is 6.42. The van der Waals surface area contributed by atoms with Gasteiger partial charge in [-0.1, -0.05) is 6.07 Å². The van der Waals surface area contributed by atoms with Gasteiger partial charge in [-0.3, -0.25) is 0 Å². The number of hydrogen-bond acceptors (Lipinski definition) is 3. The van der Waals surface area contributed by atoms with Crippen molar-refractivity contribution in [2.45, 2.75) is 71.1 Å². The summed E-state index contributed by atoms with van der Waals surface area (Å²) in [5.74, 6) is 0. The second-order valence-corrected chi connectivity index (χ2v) is 8.18. The fourth-order valence-electron chi connectivity index (χ4n) is 2.81. The number of benzene rings is 1. The molecule has 4 nitrogen and oxygen atoms in total. The first kappa shape index (κ1) is 18.1. The number of hydrogen-bond donors (Lipinski definition) is 2. The van der Waals surface area contributed by atoms with E-state index in [0.29, 0.717) is 6.04 Å². The van der Waals surface area contributed by atoms with Crippen LogP contribution < -0.4 is 10.6 Å². The number of alkyl carbamates (subject to hydrolysis) is 1. The number of carbonyl (C=O) groups is 1. The summed E-state index contributed by atoms with van der Waals surface area (Å²) in [6, 6.07) is 7.01. The van der Waals surface area contributed by atoms with Crippen molar-refractivity contribution in [3.05, 3.63) is 28.2 Å². The Hall–Kier alpha value is -1.23. The van der Waals surface area contributed by atoms with E-state index >= 15 is 0 Å². The van der Waals surface area contributed by atoms with E-state index in [0.717, 1.165) is 35.8 Å². The van der Waals surface area contributed by atoms with Crippen LogP contribution in [0.3, 0.4) is 0 Å². The molecule has 0 heterocycles. The van der Waals surface area contributed by atoms with Crippen LogP contribution in [-0.4, -0.2) is 23.8 Å². The van der Waals surface area contributed by atoms with Gasteiger partial charge in [-0.15, -0.1) is 0 Å². The summed E-state index contributed by atoms with van der Waals surface area (Å²) in [6.45, 7) is 7.73. The van der Waals surface area contributed by atoms with Gasteiger partial charge >= 0.3 is 6.09 Å². The van der Waals surface area contributed by atoms with E-state index in [-0.39, 0.29) is 12.1 Å². The molecule has 1 aromatic carbocycles. The molecule has 1 aliphatic rings. The topological polar surface area (TPSA) is 50.4 Å². The predicted octanol–water partition coefficient (Wildman–Crippen LogP) is 5.01. The van der Waals surface area contributed by atoms with E-state index in [4.69, 9.17) is 4.74 Å². The second kappa shape index (κ2) is 7.56. The average molecular weight is 383 g/mol. The molecule has 1 fully saturated rings. The molecule has 5 heteroatoms. The molecule has 0 aromatic heterocycles. The van der Waals surface area contributed by atoms with E-state index in [9.17, 15) is 4.79 Å². The van der Waals surface area contributed by atoms with Crippen molar-refractivity contribution in [1.82, 2.24) is 5.32 Å². The molecular formula is C18H27BrN2O2. The van der Waals surface area contributed by atoms with E-state index in [1.54, 1.807) is 0 Å². The van der Waals surface area contributed by atoms with Crippen molar-refractivity contribution in [2.24, 2.45) is 0 Å². The maximum atomic E-state index is 11.8. The lowest BCUT2D eigenvalue weighted by atomic mass is 9.91. The zero-order valence-electron chi connectivity index (χ0n) is 14.4. The van der Waals surface area contributed by atoms with Gasteiger partial charge in [-0.05, 0) is 87.0 Å². The van der Waals surface area contributed by atoms with Crippen molar-refractivity contribution in [1.29, 1.82) is 0 Å². The molecule has 128 valence electrons. The van der Waals surface area contributed by atoms with Gasteiger partial charge in [-0.25, -0.2) is 4.79 Å². The number of amides is 1. The van der Waals surface area contributed by atoms with Crippen LogP contribution in [0.4, 0.5) is 10.5 Å². The third-order valence-corrected chi connectivity index (χ3v) is 4.59. The fourth-order valence-corrected chi connectivity index (χ4v) is 3.42. The Labute approximate surface area is 147 Å². The highest BCUT2D eigenvalue weighted by atomic mass is 79.9. The van der Waals surface area contributed by atoms with E-state index in [1.807, 2.05) is 20.8 Å². The smallest absolute Gasteiger partial charge is 0.407 e. The van der Waals surface area contributed by atoms with Crippen LogP contribution in [0, 0.1) is 6.92 Å². The first-order chi connectivity index (χ1) is 10.7. The number of aryl methyl sites for hydroxylation is 1. The molecule has 0 atom stereocenters. The molecular weight excluding hydrogens is 356 g/mol. The molecule has 1 saturated carbocycles. The Morgan fingerprint density at radius 3 is 2.35 bits per heavy atom. The van der Waals surface area contributed by atoms with Gasteiger partial charge in [0.15, 0.2) is 0 Å². The molecule has 0 radical (unpaired) electrons. The highest BCUT2D eigenvalue weighted by Gasteiger charge is 2.24. The zero-order chi connectivity index (χ0) is 17.0. The van der Waals surface area contributed by atoms with E-state index < -0.39 is 5.60 Å². The lowest BCUT2D eigenvalue weighted by Gasteiger charge is -2.31. The lowest BCUT2D eigenvalue weighted by molar-refractivity contribution is 0.0492. The van der Waals surface area contributed by atoms with Crippen LogP contribution in [-0.2, 0) is 4.74 Å². The molecule has 1 aliphatic carbocycles. The summed E-state index contributed by atoms with van der Waals surface area (Å²) >= 11 is 3.61. The average Bonchev–Trinajstić information content (AvgIpc) is 2.42. The maximum absolute atomic E-state index is 11.8. The minimum absolute atomic E-state index is 0.212. The molecule has 23 heavy (non-hydrogen) atoms. The standard InChI is InChI=1S/C18H27BrN2O2/c1-12-5-10-16(15(19)11-12)20-13-6-8-14(9-7-13)21-17(22)23-18(2,3)4/h5,10-11,13-14,20H,6-9H2,1-4H3,(H,21,22). The van der Waals surface area contributed by atoms with Gasteiger partial charge in [0.1, 0.15) is 5.60 Å². The fraction of sp³-hybridized carbons (Fsp3) is 0.611. The van der Waals surface area contributed by atoms with Gasteiger partial charge in [-0.2, -0.15) is 0 Å². The van der Waals surface area contributed by atoms with Gasteiger partial charge in [0.05, 0.1) is 0 Å². The zero-order valence-corrected chi connectivity index (χ0v) is 16.0. The second-order valence-electron chi connectivity index (χ2n) is 7.32. The number of nitrogens with one attached hydrogen (secondary N) is 2. The van der Waals surface area contributed by atoms with Crippen LogP contribution in [0.1, 0.15) is 52.0 Å². The lowest BCUT2D eigenvalue weighted by Crippen LogP contribution is -2.42. The number of halogens is 1. The van der Waals surface area contributed by atoms with Crippen LogP contribution >= 0.6 is 15.9 Å². The Balaban J connectivity index is 1.79. The molecule has 2 N–H and O–H groups in total. The molecule has 1 aromatic rings. The summed E-state index contributed by atoms with van der Waals surface area (Å²) in [5, 5.41) is 6.58. The van der Waals surface area contributed by atoms with Crippen LogP contribution in [0.2, 0.25) is 0 Å². The number of carbonyl (C=O) groups excluding carboxylic acids is 1. The number of rotatable bonds is 3. The van der Waals surface area contributed by atoms with Crippen molar-refractivity contribution in [3.8, 4) is 0 Å². The first-order valence-electron chi connectivity index (χ1n) is 8.25. The highest BCUT2D eigenvalue weighted by molar-refractivity contribution is 9.10. The Morgan fingerprint density at radius 2 is 1.78 bits per heavy atom. The van der Waals surface area contributed by atoms with Crippen molar-refractivity contribution >= 4 is 27.7 Å². The maximum Gasteiger partial charge on any atom is 0.407 e. The minimum Gasteiger partial charge on any atom is -0.444 e. The molecule has 0 spiro atoms. The molecule has 0 unspecified atom stereocenters. The third kappa shape index (κ3) is 6.05. The van der Waals surface area contributed by atoms with Crippen molar-refractivity contribution in [3.63, 3.8) is 0 Å². The first-order valence-corrected chi connectivity index (χ1v) is 9.04.